The van der Waals surface area contributed by atoms with Gasteiger partial charge >= 0.3 is 0 Å². The molecule has 3 heterocycles. The van der Waals surface area contributed by atoms with Gasteiger partial charge < -0.3 is 20.6 Å². The Labute approximate surface area is 204 Å². The maximum Gasteiger partial charge on any atom is 0.161 e. The predicted octanol–water partition coefficient (Wildman–Crippen LogP) is 3.76. The average molecular weight is 484 g/mol. The molecule has 0 bridgehead atoms. The van der Waals surface area contributed by atoms with Gasteiger partial charge in [-0.25, -0.2) is 9.67 Å². The highest BCUT2D eigenvalue weighted by Gasteiger charge is 2.19. The first-order valence-electron chi connectivity index (χ1n) is 11.4. The Hall–Kier alpha value is -3.14. The Bertz CT molecular complexity index is 1140. The fourth-order valence-electron chi connectivity index (χ4n) is 4.07. The minimum Gasteiger partial charge on any atom is -0.395 e. The van der Waals surface area contributed by atoms with Crippen LogP contribution in [-0.4, -0.2) is 69.9 Å². The summed E-state index contributed by atoms with van der Waals surface area (Å²) in [6.45, 7) is 8.65. The predicted molar refractivity (Wildman–Crippen MR) is 136 cm³/mol. The van der Waals surface area contributed by atoms with Crippen LogP contribution in [0.5, 0.6) is 0 Å². The number of nitrogens with one attached hydrogen (secondary N) is 2. The van der Waals surface area contributed by atoms with Crippen molar-refractivity contribution in [3.05, 3.63) is 53.3 Å². The van der Waals surface area contributed by atoms with E-state index in [0.717, 1.165) is 44.2 Å². The first-order valence-corrected chi connectivity index (χ1v) is 11.8. The average Bonchev–Trinajstić information content (AvgIpc) is 3.29. The number of aromatic nitrogens is 3. The van der Waals surface area contributed by atoms with Crippen LogP contribution >= 0.6 is 11.6 Å². The van der Waals surface area contributed by atoms with E-state index in [1.54, 1.807) is 19.3 Å². The van der Waals surface area contributed by atoms with Gasteiger partial charge in [-0.3, -0.25) is 9.69 Å². The summed E-state index contributed by atoms with van der Waals surface area (Å²) in [6.07, 6.45) is 3.31. The molecule has 1 aromatic carbocycles. The third-order valence-electron chi connectivity index (χ3n) is 5.93. The zero-order chi connectivity index (χ0) is 24.1. The number of Topliss-reactive ketones (excluding diaryl/α,β-unsaturated/α-hetero) is 1. The number of benzene rings is 1. The highest BCUT2D eigenvalue weighted by molar-refractivity contribution is 6.33. The van der Waals surface area contributed by atoms with E-state index in [-0.39, 0.29) is 12.4 Å². The van der Waals surface area contributed by atoms with Crippen LogP contribution in [-0.2, 0) is 6.54 Å². The van der Waals surface area contributed by atoms with Gasteiger partial charge in [-0.15, -0.1) is 0 Å². The number of hydrogen-bond acceptors (Lipinski definition) is 8. The van der Waals surface area contributed by atoms with Crippen molar-refractivity contribution in [2.24, 2.45) is 0 Å². The van der Waals surface area contributed by atoms with Gasteiger partial charge in [-0.1, -0.05) is 11.6 Å². The Morgan fingerprint density at radius 2 is 1.91 bits per heavy atom. The van der Waals surface area contributed by atoms with Gasteiger partial charge in [-0.05, 0) is 32.0 Å². The number of ketones is 1. The summed E-state index contributed by atoms with van der Waals surface area (Å²) in [4.78, 5) is 21.4. The molecule has 34 heavy (non-hydrogen) atoms. The Morgan fingerprint density at radius 1 is 1.12 bits per heavy atom. The number of pyridine rings is 1. The zero-order valence-electron chi connectivity index (χ0n) is 19.5. The van der Waals surface area contributed by atoms with E-state index in [1.165, 1.54) is 0 Å². The number of rotatable bonds is 9. The molecule has 10 heteroatoms. The van der Waals surface area contributed by atoms with E-state index in [9.17, 15) is 4.79 Å². The largest absolute Gasteiger partial charge is 0.395 e. The number of aliphatic hydroxyl groups is 1. The van der Waals surface area contributed by atoms with Crippen molar-refractivity contribution in [3.63, 3.8) is 0 Å². The molecule has 3 aromatic rings. The maximum atomic E-state index is 12.5. The van der Waals surface area contributed by atoms with Gasteiger partial charge in [0.2, 0.25) is 0 Å². The number of carbonyl (C=O) groups excluding carboxylic acids is 1. The highest BCUT2D eigenvalue weighted by atomic mass is 35.5. The first kappa shape index (κ1) is 24.0. The molecule has 2 aromatic heterocycles. The standard InChI is InChI=1S/C24H30ClN7O2/c1-3-32-24(6-7-27-32)29-23-15-22(20(25)16-26-23)28-21-5-4-18(14-19(21)17(2)34)31-10-8-30(9-11-31)12-13-33/h4-7,14-16,33H,3,8-13H2,1-2H3,(H2,26,28,29). The van der Waals surface area contributed by atoms with Crippen LogP contribution in [0.4, 0.5) is 28.7 Å². The minimum absolute atomic E-state index is 0.0290. The fourth-order valence-corrected chi connectivity index (χ4v) is 4.22. The summed E-state index contributed by atoms with van der Waals surface area (Å²) in [5.74, 6) is 1.42. The van der Waals surface area contributed by atoms with E-state index < -0.39 is 0 Å². The highest BCUT2D eigenvalue weighted by Crippen LogP contribution is 2.32. The van der Waals surface area contributed by atoms with Gasteiger partial charge in [0.25, 0.3) is 0 Å². The van der Waals surface area contributed by atoms with Gasteiger partial charge in [-0.2, -0.15) is 5.10 Å². The van der Waals surface area contributed by atoms with Crippen molar-refractivity contribution in [1.82, 2.24) is 19.7 Å². The fraction of sp³-hybridized carbons (Fsp3) is 0.375. The summed E-state index contributed by atoms with van der Waals surface area (Å²) >= 11 is 6.42. The summed E-state index contributed by atoms with van der Waals surface area (Å²) in [5, 5.41) is 20.4. The molecule has 3 N–H and O–H groups in total. The molecule has 1 aliphatic rings. The van der Waals surface area contributed by atoms with Crippen molar-refractivity contribution in [3.8, 4) is 0 Å². The first-order chi connectivity index (χ1) is 16.5. The molecule has 1 saturated heterocycles. The van der Waals surface area contributed by atoms with Crippen LogP contribution in [0.2, 0.25) is 5.02 Å². The van der Waals surface area contributed by atoms with Gasteiger partial charge in [0.15, 0.2) is 5.78 Å². The third kappa shape index (κ3) is 5.49. The van der Waals surface area contributed by atoms with E-state index >= 15 is 0 Å². The van der Waals surface area contributed by atoms with Crippen molar-refractivity contribution < 1.29 is 9.90 Å². The van der Waals surface area contributed by atoms with Crippen molar-refractivity contribution in [2.45, 2.75) is 20.4 Å². The summed E-state index contributed by atoms with van der Waals surface area (Å²) in [6, 6.07) is 9.56. The lowest BCUT2D eigenvalue weighted by Crippen LogP contribution is -2.47. The van der Waals surface area contributed by atoms with Crippen molar-refractivity contribution in [2.75, 3.05) is 54.9 Å². The molecule has 0 aliphatic carbocycles. The molecular formula is C24H30ClN7O2. The molecule has 0 spiro atoms. The quantitative estimate of drug-likeness (QED) is 0.396. The lowest BCUT2D eigenvalue weighted by molar-refractivity contribution is 0.101. The molecule has 180 valence electrons. The molecule has 0 saturated carbocycles. The molecule has 0 radical (unpaired) electrons. The minimum atomic E-state index is -0.0290. The summed E-state index contributed by atoms with van der Waals surface area (Å²) < 4.78 is 1.83. The molecule has 0 unspecified atom stereocenters. The number of hydrogen-bond donors (Lipinski definition) is 3. The number of aliphatic hydroxyl groups excluding tert-OH is 1. The Morgan fingerprint density at radius 3 is 2.62 bits per heavy atom. The number of piperazine rings is 1. The lowest BCUT2D eigenvalue weighted by Gasteiger charge is -2.36. The third-order valence-corrected chi connectivity index (χ3v) is 6.23. The topological polar surface area (TPSA) is 98.5 Å². The second kappa shape index (κ2) is 10.9. The molecule has 0 amide bonds. The zero-order valence-corrected chi connectivity index (χ0v) is 20.2. The number of β-amino-alcohol motifs (C(OH)–C–C–N with tert-alkyl or cyclic N) is 1. The second-order valence-electron chi connectivity index (χ2n) is 8.17. The van der Waals surface area contributed by atoms with Crippen molar-refractivity contribution >= 4 is 46.1 Å². The number of halogens is 1. The SMILES string of the molecule is CCn1nccc1Nc1cc(Nc2ccc(N3CCN(CCO)CC3)cc2C(C)=O)c(Cl)cn1. The van der Waals surface area contributed by atoms with Crippen LogP contribution in [0.15, 0.2) is 42.7 Å². The van der Waals surface area contributed by atoms with Crippen molar-refractivity contribution in [1.29, 1.82) is 0 Å². The Kier molecular flexibility index (Phi) is 7.66. The Balaban J connectivity index is 1.54. The van der Waals surface area contributed by atoms with Crippen LogP contribution in [0.25, 0.3) is 0 Å². The summed E-state index contributed by atoms with van der Waals surface area (Å²) in [5.41, 5.74) is 2.94. The number of carbonyl (C=O) groups is 1. The number of nitrogens with zero attached hydrogens (tertiary/aromatic N) is 5. The molecule has 1 aliphatic heterocycles. The molecule has 9 nitrogen and oxygen atoms in total. The van der Waals surface area contributed by atoms with E-state index in [2.05, 4.69) is 30.5 Å². The monoisotopic (exact) mass is 483 g/mol. The normalized spacial score (nSPS) is 14.3. The smallest absolute Gasteiger partial charge is 0.161 e. The second-order valence-corrected chi connectivity index (χ2v) is 8.58. The van der Waals surface area contributed by atoms with Gasteiger partial charge in [0.05, 0.1) is 29.7 Å². The van der Waals surface area contributed by atoms with Crippen LogP contribution in [0.3, 0.4) is 0 Å². The van der Waals surface area contributed by atoms with Crippen LogP contribution in [0.1, 0.15) is 24.2 Å². The molecule has 0 atom stereocenters. The lowest BCUT2D eigenvalue weighted by atomic mass is 10.1. The summed E-state index contributed by atoms with van der Waals surface area (Å²) in [7, 11) is 0. The molecular weight excluding hydrogens is 454 g/mol. The number of aryl methyl sites for hydroxylation is 1. The van der Waals surface area contributed by atoms with Gasteiger partial charge in [0, 0.05) is 68.3 Å². The van der Waals surface area contributed by atoms with E-state index in [1.807, 2.05) is 41.9 Å². The molecule has 4 rings (SSSR count). The van der Waals surface area contributed by atoms with Crippen LogP contribution in [0, 0.1) is 0 Å². The molecule has 1 fully saturated rings. The van der Waals surface area contributed by atoms with Crippen LogP contribution < -0.4 is 15.5 Å². The maximum absolute atomic E-state index is 12.5. The van der Waals surface area contributed by atoms with Gasteiger partial charge in [0.1, 0.15) is 11.6 Å². The number of anilines is 5. The van der Waals surface area contributed by atoms with E-state index in [4.69, 9.17) is 16.7 Å². The van der Waals surface area contributed by atoms with E-state index in [0.29, 0.717) is 34.3 Å².